The van der Waals surface area contributed by atoms with Crippen LogP contribution in [-0.4, -0.2) is 41.5 Å². The van der Waals surface area contributed by atoms with Crippen molar-refractivity contribution in [1.29, 1.82) is 5.26 Å². The molecule has 2 unspecified atom stereocenters. The first kappa shape index (κ1) is 31.3. The molecular formula is C30H26ClFN4O6S2. The van der Waals surface area contributed by atoms with Crippen LogP contribution in [0.15, 0.2) is 60.8 Å². The van der Waals surface area contributed by atoms with Gasteiger partial charge in [-0.2, -0.15) is 13.7 Å². The summed E-state index contributed by atoms with van der Waals surface area (Å²) < 4.78 is 61.0. The second-order valence-electron chi connectivity index (χ2n) is 9.83. The molecule has 1 fully saturated rings. The summed E-state index contributed by atoms with van der Waals surface area (Å²) in [6.45, 7) is 2.17. The van der Waals surface area contributed by atoms with E-state index in [2.05, 4.69) is 21.7 Å². The van der Waals surface area contributed by atoms with Crippen molar-refractivity contribution in [3.63, 3.8) is 0 Å². The third-order valence-electron chi connectivity index (χ3n) is 6.77. The van der Waals surface area contributed by atoms with E-state index in [1.165, 1.54) is 18.3 Å². The van der Waals surface area contributed by atoms with Gasteiger partial charge in [-0.1, -0.05) is 23.7 Å². The Balaban J connectivity index is 1.42. The predicted molar refractivity (Wildman–Crippen MR) is 167 cm³/mol. The van der Waals surface area contributed by atoms with Gasteiger partial charge >= 0.3 is 8.87 Å². The van der Waals surface area contributed by atoms with Gasteiger partial charge in [0.2, 0.25) is 5.91 Å². The summed E-state index contributed by atoms with van der Waals surface area (Å²) in [4.78, 5) is 17.3. The molecule has 10 nitrogen and oxygen atoms in total. The number of nitrogens with zero attached hydrogens (tertiary/aromatic N) is 2. The number of carbonyl (C=O) groups excluding carboxylic acids is 1. The number of pyridine rings is 1. The highest BCUT2D eigenvalue weighted by atomic mass is 35.5. The number of aromatic nitrogens is 1. The summed E-state index contributed by atoms with van der Waals surface area (Å²) in [5, 5.41) is 15.8. The van der Waals surface area contributed by atoms with Crippen LogP contribution in [0, 0.1) is 17.1 Å². The number of anilines is 3. The molecular weight excluding hydrogens is 631 g/mol. The fourth-order valence-electron chi connectivity index (χ4n) is 4.68. The van der Waals surface area contributed by atoms with E-state index >= 15 is 0 Å². The van der Waals surface area contributed by atoms with Crippen LogP contribution in [0.2, 0.25) is 5.02 Å². The average molecular weight is 657 g/mol. The van der Waals surface area contributed by atoms with Gasteiger partial charge in [-0.05, 0) is 48.9 Å². The molecule has 0 aliphatic carbocycles. The van der Waals surface area contributed by atoms with Crippen molar-refractivity contribution in [3.8, 4) is 17.6 Å². The van der Waals surface area contributed by atoms with Gasteiger partial charge in [0.25, 0.3) is 0 Å². The van der Waals surface area contributed by atoms with Crippen molar-refractivity contribution in [3.05, 3.63) is 82.8 Å². The molecule has 2 heterocycles. The first-order valence-corrected chi connectivity index (χ1v) is 17.2. The van der Waals surface area contributed by atoms with E-state index in [0.717, 1.165) is 0 Å². The molecule has 2 N–H and O–H groups in total. The van der Waals surface area contributed by atoms with Crippen molar-refractivity contribution in [2.75, 3.05) is 23.0 Å². The van der Waals surface area contributed by atoms with Gasteiger partial charge in [0.05, 0.1) is 50.7 Å². The zero-order valence-electron chi connectivity index (χ0n) is 23.3. The monoisotopic (exact) mass is 656 g/mol. The van der Waals surface area contributed by atoms with E-state index in [1.807, 2.05) is 0 Å². The maximum Gasteiger partial charge on any atom is 0.313 e. The normalized spacial score (nSPS) is 17.2. The summed E-state index contributed by atoms with van der Waals surface area (Å²) in [7, 11) is -5.85. The minimum Gasteiger partial charge on any atom is -0.601 e. The van der Waals surface area contributed by atoms with Crippen LogP contribution in [0.25, 0.3) is 10.9 Å². The Bertz CT molecular complexity index is 1890. The zero-order valence-corrected chi connectivity index (χ0v) is 25.7. The van der Waals surface area contributed by atoms with Crippen LogP contribution in [0.5, 0.6) is 11.5 Å². The Kier molecular flexibility index (Phi) is 9.45. The number of rotatable bonds is 10. The molecule has 228 valence electrons. The van der Waals surface area contributed by atoms with Crippen molar-refractivity contribution in [1.82, 2.24) is 4.98 Å². The second kappa shape index (κ2) is 13.3. The van der Waals surface area contributed by atoms with Gasteiger partial charge in [0.1, 0.15) is 41.0 Å². The number of benzene rings is 3. The number of ether oxygens (including phenoxy) is 2. The molecule has 1 aliphatic heterocycles. The highest BCUT2D eigenvalue weighted by Gasteiger charge is 2.44. The molecule has 0 spiro atoms. The smallest absolute Gasteiger partial charge is 0.313 e. The Morgan fingerprint density at radius 3 is 2.70 bits per heavy atom. The molecule has 5 rings (SSSR count). The van der Waals surface area contributed by atoms with Crippen molar-refractivity contribution in [2.45, 2.75) is 31.6 Å². The fourth-order valence-corrected chi connectivity index (χ4v) is 9.33. The van der Waals surface area contributed by atoms with E-state index in [4.69, 9.17) is 21.1 Å². The summed E-state index contributed by atoms with van der Waals surface area (Å²) in [6.07, 6.45) is 1.30. The molecule has 14 heteroatoms. The highest BCUT2D eigenvalue weighted by molar-refractivity contribution is 8.67. The molecule has 4 aromatic rings. The number of halogens is 2. The van der Waals surface area contributed by atoms with Gasteiger partial charge in [0.15, 0.2) is 0 Å². The first-order chi connectivity index (χ1) is 21.1. The van der Waals surface area contributed by atoms with E-state index in [0.29, 0.717) is 39.3 Å². The molecule has 1 aromatic heterocycles. The standard InChI is InChI=1S/C30H26ClFN4O6S2/c1-2-41-28-14-25-23(13-26(28)36-29(37)12-22-8-9-44(39,40)43(22)38)30(19(15-33)16-34-25)35-21-6-7-27(24(31)11-21)42-17-18-4-3-5-20(32)10-18/h3-7,10-11,13-14,16,22H,2,8-9,12,17H2,1H3,(H,34,35)(H,36,37). The third kappa shape index (κ3) is 7.00. The number of hydrogen-bond acceptors (Lipinski definition) is 9. The summed E-state index contributed by atoms with van der Waals surface area (Å²) in [6, 6.07) is 16.3. The highest BCUT2D eigenvalue weighted by Crippen LogP contribution is 2.38. The zero-order chi connectivity index (χ0) is 31.4. The lowest BCUT2D eigenvalue weighted by molar-refractivity contribution is -0.116. The average Bonchev–Trinajstić information content (AvgIpc) is 3.24. The summed E-state index contributed by atoms with van der Waals surface area (Å²) in [5.41, 5.74) is 2.52. The maximum atomic E-state index is 13.5. The van der Waals surface area contributed by atoms with Gasteiger partial charge < -0.3 is 24.7 Å². The number of hydrogen-bond donors (Lipinski definition) is 2. The van der Waals surface area contributed by atoms with E-state index in [9.17, 15) is 27.4 Å². The predicted octanol–water partition coefficient (Wildman–Crippen LogP) is 5.80. The maximum absolute atomic E-state index is 13.5. The molecule has 0 radical (unpaired) electrons. The number of amides is 1. The lowest BCUT2D eigenvalue weighted by atomic mass is 10.1. The Hall–Kier alpha value is -4.09. The van der Waals surface area contributed by atoms with E-state index < -0.39 is 30.2 Å². The van der Waals surface area contributed by atoms with Gasteiger partial charge in [-0.3, -0.25) is 9.78 Å². The largest absolute Gasteiger partial charge is 0.601 e. The lowest BCUT2D eigenvalue weighted by Crippen LogP contribution is -2.25. The molecule has 3 aromatic carbocycles. The topological polar surface area (TPSA) is 153 Å². The first-order valence-electron chi connectivity index (χ1n) is 13.4. The molecule has 1 aliphatic rings. The number of fused-ring (bicyclic) bond motifs is 1. The van der Waals surface area contributed by atoms with Crippen molar-refractivity contribution < 1.29 is 31.6 Å². The second-order valence-corrected chi connectivity index (χ2v) is 15.5. The minimum absolute atomic E-state index is 0.112. The fraction of sp³-hybridized carbons (Fsp3) is 0.233. The molecule has 1 amide bonds. The molecule has 1 saturated heterocycles. The Labute approximate surface area is 260 Å². The van der Waals surface area contributed by atoms with Crippen LogP contribution in [0.4, 0.5) is 21.5 Å². The third-order valence-corrected chi connectivity index (χ3v) is 12.1. The van der Waals surface area contributed by atoms with E-state index in [-0.39, 0.29) is 53.9 Å². The molecule has 0 saturated carbocycles. The Morgan fingerprint density at radius 1 is 1.20 bits per heavy atom. The number of nitrogens with one attached hydrogen (secondary N) is 2. The molecule has 0 bridgehead atoms. The van der Waals surface area contributed by atoms with Crippen LogP contribution in [-0.2, 0) is 30.5 Å². The van der Waals surface area contributed by atoms with Crippen LogP contribution >= 0.6 is 11.6 Å². The minimum atomic E-state index is -3.72. The lowest BCUT2D eigenvalue weighted by Gasteiger charge is -2.17. The molecule has 44 heavy (non-hydrogen) atoms. The van der Waals surface area contributed by atoms with E-state index in [1.54, 1.807) is 49.4 Å². The van der Waals surface area contributed by atoms with Gasteiger partial charge in [-0.25, -0.2) is 4.39 Å². The SMILES string of the molecule is CCOc1cc2ncc(C#N)c(Nc3ccc(OCc4cccc(F)c4)c(Cl)c3)c2cc1NC(=O)CC1CCS(=O)(=O)[S+]1[O-]. The van der Waals surface area contributed by atoms with Gasteiger partial charge in [0, 0.05) is 29.8 Å². The quantitative estimate of drug-likeness (QED) is 0.159. The van der Waals surface area contributed by atoms with Crippen LogP contribution in [0.1, 0.15) is 30.9 Å². The number of carbonyl (C=O) groups is 1. The van der Waals surface area contributed by atoms with Crippen LogP contribution in [0.3, 0.4) is 0 Å². The number of nitriles is 1. The molecule has 2 atom stereocenters. The van der Waals surface area contributed by atoms with Crippen molar-refractivity contribution in [2.24, 2.45) is 0 Å². The van der Waals surface area contributed by atoms with Gasteiger partial charge in [-0.15, -0.1) is 0 Å². The Morgan fingerprint density at radius 2 is 2.02 bits per heavy atom. The van der Waals surface area contributed by atoms with Crippen molar-refractivity contribution >= 4 is 64.6 Å². The summed E-state index contributed by atoms with van der Waals surface area (Å²) >= 11 is 6.48. The van der Waals surface area contributed by atoms with Crippen LogP contribution < -0.4 is 20.1 Å². The summed E-state index contributed by atoms with van der Waals surface area (Å²) in [5.74, 6) is -0.422.